The second-order valence-electron chi connectivity index (χ2n) is 11.8. The normalized spacial score (nSPS) is 46.3. The van der Waals surface area contributed by atoms with Gasteiger partial charge in [0.05, 0.1) is 12.2 Å². The van der Waals surface area contributed by atoms with Gasteiger partial charge in [0.15, 0.2) is 0 Å². The van der Waals surface area contributed by atoms with Crippen LogP contribution in [0.2, 0.25) is 0 Å². The van der Waals surface area contributed by atoms with Crippen LogP contribution in [0.4, 0.5) is 0 Å². The Balaban J connectivity index is 1.57. The number of rotatable bonds is 5. The third-order valence-electron chi connectivity index (χ3n) is 10.1. The SMILES string of the molecule is CC(C)=CCCC(CO)C1CCC2C3C(O)C=C4CC(O)CCC4(C)C3CCC12C. The minimum absolute atomic E-state index is 0.155. The van der Waals surface area contributed by atoms with Crippen LogP contribution in [0.5, 0.6) is 0 Å². The molecule has 3 nitrogen and oxygen atoms in total. The molecule has 9 atom stereocenters. The number of hydrogen-bond acceptors (Lipinski definition) is 3. The molecule has 0 aromatic rings. The van der Waals surface area contributed by atoms with Gasteiger partial charge in [-0.1, -0.05) is 37.1 Å². The van der Waals surface area contributed by atoms with Gasteiger partial charge in [0.2, 0.25) is 0 Å². The average molecular weight is 417 g/mol. The second-order valence-corrected chi connectivity index (χ2v) is 11.8. The molecule has 0 amide bonds. The lowest BCUT2D eigenvalue weighted by atomic mass is 9.46. The summed E-state index contributed by atoms with van der Waals surface area (Å²) >= 11 is 0. The first-order chi connectivity index (χ1) is 14.2. The molecule has 0 spiro atoms. The van der Waals surface area contributed by atoms with E-state index >= 15 is 0 Å². The Morgan fingerprint density at radius 3 is 2.57 bits per heavy atom. The molecule has 9 unspecified atom stereocenters. The molecule has 0 aliphatic heterocycles. The van der Waals surface area contributed by atoms with Crippen molar-refractivity contribution in [2.24, 2.45) is 40.4 Å². The Bertz CT molecular complexity index is 692. The molecule has 0 saturated heterocycles. The van der Waals surface area contributed by atoms with Crippen molar-refractivity contribution in [2.45, 2.75) is 97.7 Å². The van der Waals surface area contributed by atoms with E-state index in [1.165, 1.54) is 36.8 Å². The van der Waals surface area contributed by atoms with Gasteiger partial charge in [0.25, 0.3) is 0 Å². The van der Waals surface area contributed by atoms with E-state index in [9.17, 15) is 15.3 Å². The standard InChI is InChI=1S/C27H44O3/c1-17(2)6-5-7-18(16-28)21-8-9-22-25-23(11-13-27(21,22)4)26(3)12-10-20(29)14-19(26)15-24(25)30/h6,15,18,20-25,28-30H,5,7-14,16H2,1-4H3. The molecule has 0 radical (unpaired) electrons. The maximum absolute atomic E-state index is 11.3. The summed E-state index contributed by atoms with van der Waals surface area (Å²) in [6, 6.07) is 0. The third kappa shape index (κ3) is 3.63. The molecule has 4 aliphatic rings. The van der Waals surface area contributed by atoms with E-state index in [0.717, 1.165) is 32.1 Å². The predicted octanol–water partition coefficient (Wildman–Crippen LogP) is 5.25. The fourth-order valence-corrected chi connectivity index (χ4v) is 8.45. The number of hydrogen-bond donors (Lipinski definition) is 3. The summed E-state index contributed by atoms with van der Waals surface area (Å²) in [5.74, 6) is 2.37. The summed E-state index contributed by atoms with van der Waals surface area (Å²) in [5, 5.41) is 31.7. The molecule has 4 aliphatic carbocycles. The predicted molar refractivity (Wildman–Crippen MR) is 122 cm³/mol. The molecular weight excluding hydrogens is 372 g/mol. The quantitative estimate of drug-likeness (QED) is 0.536. The minimum atomic E-state index is -0.370. The van der Waals surface area contributed by atoms with Crippen LogP contribution in [0.1, 0.15) is 85.5 Å². The Morgan fingerprint density at radius 1 is 1.10 bits per heavy atom. The van der Waals surface area contributed by atoms with Gasteiger partial charge in [-0.05, 0) is 112 Å². The van der Waals surface area contributed by atoms with E-state index in [0.29, 0.717) is 36.2 Å². The second kappa shape index (κ2) is 8.37. The lowest BCUT2D eigenvalue weighted by Crippen LogP contribution is -2.55. The first-order valence-corrected chi connectivity index (χ1v) is 12.5. The fourth-order valence-electron chi connectivity index (χ4n) is 8.45. The monoisotopic (exact) mass is 416 g/mol. The zero-order valence-corrected chi connectivity index (χ0v) is 19.6. The highest BCUT2D eigenvalue weighted by atomic mass is 16.3. The van der Waals surface area contributed by atoms with E-state index in [2.05, 4.69) is 39.8 Å². The summed E-state index contributed by atoms with van der Waals surface area (Å²) in [7, 11) is 0. The Morgan fingerprint density at radius 2 is 1.87 bits per heavy atom. The van der Waals surface area contributed by atoms with Crippen molar-refractivity contribution in [1.82, 2.24) is 0 Å². The highest BCUT2D eigenvalue weighted by Crippen LogP contribution is 2.67. The van der Waals surface area contributed by atoms with Gasteiger partial charge in [-0.25, -0.2) is 0 Å². The van der Waals surface area contributed by atoms with Crippen molar-refractivity contribution in [1.29, 1.82) is 0 Å². The van der Waals surface area contributed by atoms with Gasteiger partial charge in [-0.2, -0.15) is 0 Å². The summed E-state index contributed by atoms with van der Waals surface area (Å²) in [4.78, 5) is 0. The summed E-state index contributed by atoms with van der Waals surface area (Å²) < 4.78 is 0. The maximum Gasteiger partial charge on any atom is 0.0757 e. The molecule has 3 saturated carbocycles. The largest absolute Gasteiger partial charge is 0.396 e. The Hall–Kier alpha value is -0.640. The van der Waals surface area contributed by atoms with Crippen molar-refractivity contribution < 1.29 is 15.3 Å². The summed E-state index contributed by atoms with van der Waals surface area (Å²) in [6.45, 7) is 9.49. The molecule has 0 bridgehead atoms. The molecule has 3 fully saturated rings. The van der Waals surface area contributed by atoms with Crippen molar-refractivity contribution in [3.63, 3.8) is 0 Å². The van der Waals surface area contributed by atoms with Crippen molar-refractivity contribution >= 4 is 0 Å². The minimum Gasteiger partial charge on any atom is -0.396 e. The molecule has 0 aromatic carbocycles. The van der Waals surface area contributed by atoms with Gasteiger partial charge in [-0.15, -0.1) is 0 Å². The first kappa shape index (κ1) is 22.6. The topological polar surface area (TPSA) is 60.7 Å². The van der Waals surface area contributed by atoms with Crippen LogP contribution in [0.25, 0.3) is 0 Å². The highest BCUT2D eigenvalue weighted by Gasteiger charge is 2.61. The molecule has 3 heteroatoms. The Kier molecular flexibility index (Phi) is 6.29. The number of aliphatic hydroxyl groups is 3. The third-order valence-corrected chi connectivity index (χ3v) is 10.1. The van der Waals surface area contributed by atoms with Crippen LogP contribution in [0, 0.1) is 40.4 Å². The van der Waals surface area contributed by atoms with E-state index in [4.69, 9.17) is 0 Å². The van der Waals surface area contributed by atoms with Crippen molar-refractivity contribution in [3.8, 4) is 0 Å². The van der Waals surface area contributed by atoms with Crippen molar-refractivity contribution in [3.05, 3.63) is 23.3 Å². The van der Waals surface area contributed by atoms with Gasteiger partial charge in [0, 0.05) is 6.61 Å². The fraction of sp³-hybridized carbons (Fsp3) is 0.852. The summed E-state index contributed by atoms with van der Waals surface area (Å²) in [5.41, 5.74) is 3.07. The zero-order valence-electron chi connectivity index (χ0n) is 19.6. The van der Waals surface area contributed by atoms with Crippen LogP contribution in [0.15, 0.2) is 23.3 Å². The molecule has 30 heavy (non-hydrogen) atoms. The molecular formula is C27H44O3. The van der Waals surface area contributed by atoms with Gasteiger partial charge < -0.3 is 15.3 Å². The smallest absolute Gasteiger partial charge is 0.0757 e. The molecule has 0 heterocycles. The van der Waals surface area contributed by atoms with Crippen molar-refractivity contribution in [2.75, 3.05) is 6.61 Å². The number of aliphatic hydroxyl groups excluding tert-OH is 3. The van der Waals surface area contributed by atoms with Crippen LogP contribution in [0.3, 0.4) is 0 Å². The van der Waals surface area contributed by atoms with E-state index in [-0.39, 0.29) is 23.0 Å². The molecule has 0 aromatic heterocycles. The molecule has 170 valence electrons. The van der Waals surface area contributed by atoms with Crippen LogP contribution in [-0.4, -0.2) is 34.1 Å². The zero-order chi connectivity index (χ0) is 21.7. The average Bonchev–Trinajstić information content (AvgIpc) is 3.03. The van der Waals surface area contributed by atoms with E-state index in [1.54, 1.807) is 0 Å². The number of allylic oxidation sites excluding steroid dienone is 2. The molecule has 4 rings (SSSR count). The maximum atomic E-state index is 11.3. The van der Waals surface area contributed by atoms with E-state index in [1.807, 2.05) is 0 Å². The lowest BCUT2D eigenvalue weighted by molar-refractivity contribution is -0.0997. The van der Waals surface area contributed by atoms with Crippen LogP contribution >= 0.6 is 0 Å². The Labute approximate surface area is 183 Å². The van der Waals surface area contributed by atoms with E-state index < -0.39 is 0 Å². The van der Waals surface area contributed by atoms with Gasteiger partial charge in [-0.3, -0.25) is 0 Å². The van der Waals surface area contributed by atoms with Gasteiger partial charge in [0.1, 0.15) is 0 Å². The van der Waals surface area contributed by atoms with Crippen LogP contribution in [-0.2, 0) is 0 Å². The molecule has 3 N–H and O–H groups in total. The van der Waals surface area contributed by atoms with Crippen LogP contribution < -0.4 is 0 Å². The lowest BCUT2D eigenvalue weighted by Gasteiger charge is -2.59. The first-order valence-electron chi connectivity index (χ1n) is 12.5. The number of fused-ring (bicyclic) bond motifs is 5. The highest BCUT2D eigenvalue weighted by molar-refractivity contribution is 5.28. The van der Waals surface area contributed by atoms with Gasteiger partial charge >= 0.3 is 0 Å². The summed E-state index contributed by atoms with van der Waals surface area (Å²) in [6.07, 6.45) is 13.5.